The summed E-state index contributed by atoms with van der Waals surface area (Å²) in [7, 11) is 0. The zero-order chi connectivity index (χ0) is 16.5. The lowest BCUT2D eigenvalue weighted by atomic mass is 10.2. The quantitative estimate of drug-likeness (QED) is 0.794. The highest BCUT2D eigenvalue weighted by atomic mass is 35.5. The molecule has 4 rings (SSSR count). The van der Waals surface area contributed by atoms with E-state index in [1.54, 1.807) is 12.1 Å². The zero-order valence-electron chi connectivity index (χ0n) is 12.9. The molecular formula is C18H16ClN3O2. The largest absolute Gasteiger partial charge is 0.488 e. The van der Waals surface area contributed by atoms with Crippen molar-refractivity contribution in [3.63, 3.8) is 0 Å². The van der Waals surface area contributed by atoms with Gasteiger partial charge in [-0.05, 0) is 30.3 Å². The second-order valence-corrected chi connectivity index (χ2v) is 6.28. The molecule has 1 atom stereocenters. The predicted octanol–water partition coefficient (Wildman–Crippen LogP) is 3.23. The summed E-state index contributed by atoms with van der Waals surface area (Å²) in [5.41, 5.74) is 0.588. The van der Waals surface area contributed by atoms with Gasteiger partial charge in [0, 0.05) is 18.0 Å². The molecule has 3 aromatic rings. The van der Waals surface area contributed by atoms with E-state index in [9.17, 15) is 4.79 Å². The molecule has 1 saturated heterocycles. The van der Waals surface area contributed by atoms with Crippen molar-refractivity contribution in [3.8, 4) is 5.75 Å². The lowest BCUT2D eigenvalue weighted by Crippen LogP contribution is -2.27. The number of nitrogens with one attached hydrogen (secondary N) is 1. The van der Waals surface area contributed by atoms with Gasteiger partial charge < -0.3 is 9.64 Å². The number of aromatic amines is 1. The molecule has 5 nitrogen and oxygen atoms in total. The minimum atomic E-state index is -0.116. The van der Waals surface area contributed by atoms with Crippen LogP contribution in [0.1, 0.15) is 6.42 Å². The van der Waals surface area contributed by atoms with Crippen LogP contribution >= 0.6 is 11.6 Å². The van der Waals surface area contributed by atoms with Crippen molar-refractivity contribution in [1.82, 2.24) is 9.97 Å². The minimum absolute atomic E-state index is 0.0419. The molecule has 6 heteroatoms. The van der Waals surface area contributed by atoms with Gasteiger partial charge in [-0.2, -0.15) is 0 Å². The summed E-state index contributed by atoms with van der Waals surface area (Å²) in [6.07, 6.45) is 0.906. The van der Waals surface area contributed by atoms with Gasteiger partial charge in [-0.25, -0.2) is 4.98 Å². The molecule has 0 saturated carbocycles. The maximum atomic E-state index is 12.2. The Bertz CT molecular complexity index is 941. The summed E-state index contributed by atoms with van der Waals surface area (Å²) in [5, 5.41) is 1.26. The second kappa shape index (κ2) is 6.17. The fourth-order valence-electron chi connectivity index (χ4n) is 2.97. The molecule has 2 heterocycles. The molecule has 2 aromatic carbocycles. The monoisotopic (exact) mass is 341 g/mol. The molecular weight excluding hydrogens is 326 g/mol. The molecule has 1 aliphatic heterocycles. The van der Waals surface area contributed by atoms with E-state index in [1.807, 2.05) is 41.3 Å². The summed E-state index contributed by atoms with van der Waals surface area (Å²) in [5.74, 6) is 1.35. The van der Waals surface area contributed by atoms with Crippen LogP contribution in [0.4, 0.5) is 5.95 Å². The smallest absolute Gasteiger partial charge is 0.260 e. The SMILES string of the molecule is O=c1[nH]c(N2CCC(Oc3cccc(Cl)c3)C2)nc2ccccc12. The molecule has 1 aliphatic rings. The van der Waals surface area contributed by atoms with Crippen LogP contribution in [-0.4, -0.2) is 29.2 Å². The van der Waals surface area contributed by atoms with E-state index in [0.717, 1.165) is 18.7 Å². The molecule has 0 radical (unpaired) electrons. The summed E-state index contributed by atoms with van der Waals surface area (Å²) in [6.45, 7) is 1.46. The van der Waals surface area contributed by atoms with Gasteiger partial charge in [0.2, 0.25) is 5.95 Å². The van der Waals surface area contributed by atoms with Gasteiger partial charge in [0.25, 0.3) is 5.56 Å². The Morgan fingerprint density at radius 2 is 2.08 bits per heavy atom. The van der Waals surface area contributed by atoms with Gasteiger partial charge in [0.15, 0.2) is 0 Å². The van der Waals surface area contributed by atoms with Gasteiger partial charge in [-0.1, -0.05) is 29.8 Å². The highest BCUT2D eigenvalue weighted by Gasteiger charge is 2.26. The Balaban J connectivity index is 1.53. The molecule has 24 heavy (non-hydrogen) atoms. The first-order valence-corrected chi connectivity index (χ1v) is 8.23. The van der Waals surface area contributed by atoms with E-state index in [0.29, 0.717) is 28.4 Å². The summed E-state index contributed by atoms with van der Waals surface area (Å²) < 4.78 is 5.98. The first-order valence-electron chi connectivity index (χ1n) is 7.85. The van der Waals surface area contributed by atoms with Crippen molar-refractivity contribution in [1.29, 1.82) is 0 Å². The van der Waals surface area contributed by atoms with Crippen LogP contribution in [0.2, 0.25) is 5.02 Å². The Labute approximate surface area is 143 Å². The number of hydrogen-bond acceptors (Lipinski definition) is 4. The Kier molecular flexibility index (Phi) is 3.86. The van der Waals surface area contributed by atoms with Crippen molar-refractivity contribution in [3.05, 3.63) is 63.9 Å². The van der Waals surface area contributed by atoms with Crippen LogP contribution in [0.25, 0.3) is 10.9 Å². The number of anilines is 1. The van der Waals surface area contributed by atoms with E-state index in [2.05, 4.69) is 9.97 Å². The lowest BCUT2D eigenvalue weighted by Gasteiger charge is -2.18. The maximum Gasteiger partial charge on any atom is 0.260 e. The molecule has 0 bridgehead atoms. The number of fused-ring (bicyclic) bond motifs is 1. The van der Waals surface area contributed by atoms with Gasteiger partial charge in [-0.3, -0.25) is 9.78 Å². The van der Waals surface area contributed by atoms with Crippen molar-refractivity contribution in [2.45, 2.75) is 12.5 Å². The van der Waals surface area contributed by atoms with E-state index >= 15 is 0 Å². The normalized spacial score (nSPS) is 17.4. The average molecular weight is 342 g/mol. The first-order chi connectivity index (χ1) is 11.7. The lowest BCUT2D eigenvalue weighted by molar-refractivity contribution is 0.225. The van der Waals surface area contributed by atoms with E-state index < -0.39 is 0 Å². The molecule has 1 aromatic heterocycles. The number of ether oxygens (including phenoxy) is 1. The summed E-state index contributed by atoms with van der Waals surface area (Å²) in [4.78, 5) is 21.7. The summed E-state index contributed by atoms with van der Waals surface area (Å²) >= 11 is 5.99. The van der Waals surface area contributed by atoms with Crippen molar-refractivity contribution in [2.75, 3.05) is 18.0 Å². The topological polar surface area (TPSA) is 58.2 Å². The van der Waals surface area contributed by atoms with E-state index in [4.69, 9.17) is 16.3 Å². The third kappa shape index (κ3) is 2.95. The fourth-order valence-corrected chi connectivity index (χ4v) is 3.15. The maximum absolute atomic E-state index is 12.2. The standard InChI is InChI=1S/C18H16ClN3O2/c19-12-4-3-5-13(10-12)24-14-8-9-22(11-14)18-20-16-7-2-1-6-15(16)17(23)21-18/h1-7,10,14H,8-9,11H2,(H,20,21,23). The van der Waals surface area contributed by atoms with Crippen LogP contribution in [-0.2, 0) is 0 Å². The zero-order valence-corrected chi connectivity index (χ0v) is 13.7. The number of nitrogens with zero attached hydrogens (tertiary/aromatic N) is 2. The highest BCUT2D eigenvalue weighted by molar-refractivity contribution is 6.30. The number of H-pyrrole nitrogens is 1. The first kappa shape index (κ1) is 15.0. The third-order valence-corrected chi connectivity index (χ3v) is 4.38. The average Bonchev–Trinajstić information content (AvgIpc) is 3.03. The highest BCUT2D eigenvalue weighted by Crippen LogP contribution is 2.23. The number of benzene rings is 2. The molecule has 1 fully saturated rings. The number of hydrogen-bond donors (Lipinski definition) is 1. The Morgan fingerprint density at radius 1 is 1.21 bits per heavy atom. The Hall–Kier alpha value is -2.53. The van der Waals surface area contributed by atoms with Crippen molar-refractivity contribution in [2.24, 2.45) is 0 Å². The predicted molar refractivity (Wildman–Crippen MR) is 95.1 cm³/mol. The fraction of sp³-hybridized carbons (Fsp3) is 0.222. The number of para-hydroxylation sites is 1. The number of halogens is 1. The van der Waals surface area contributed by atoms with Gasteiger partial charge in [-0.15, -0.1) is 0 Å². The van der Waals surface area contributed by atoms with Gasteiger partial charge in [0.05, 0.1) is 17.4 Å². The molecule has 122 valence electrons. The van der Waals surface area contributed by atoms with Crippen LogP contribution in [0.3, 0.4) is 0 Å². The number of rotatable bonds is 3. The third-order valence-electron chi connectivity index (χ3n) is 4.14. The van der Waals surface area contributed by atoms with Crippen LogP contribution in [0.15, 0.2) is 53.3 Å². The van der Waals surface area contributed by atoms with Gasteiger partial charge in [0.1, 0.15) is 11.9 Å². The molecule has 0 spiro atoms. The summed E-state index contributed by atoms with van der Waals surface area (Å²) in [6, 6.07) is 14.7. The van der Waals surface area contributed by atoms with Crippen LogP contribution in [0.5, 0.6) is 5.75 Å². The van der Waals surface area contributed by atoms with E-state index in [-0.39, 0.29) is 11.7 Å². The molecule has 1 N–H and O–H groups in total. The second-order valence-electron chi connectivity index (χ2n) is 5.84. The van der Waals surface area contributed by atoms with Crippen molar-refractivity contribution >= 4 is 28.5 Å². The van der Waals surface area contributed by atoms with Crippen molar-refractivity contribution < 1.29 is 4.74 Å². The number of aromatic nitrogens is 2. The van der Waals surface area contributed by atoms with Crippen LogP contribution < -0.4 is 15.2 Å². The van der Waals surface area contributed by atoms with Crippen LogP contribution in [0, 0.1) is 0 Å². The molecule has 0 amide bonds. The van der Waals surface area contributed by atoms with Gasteiger partial charge >= 0.3 is 0 Å². The Morgan fingerprint density at radius 3 is 2.96 bits per heavy atom. The minimum Gasteiger partial charge on any atom is -0.488 e. The molecule has 1 unspecified atom stereocenters. The van der Waals surface area contributed by atoms with E-state index in [1.165, 1.54) is 0 Å². The molecule has 0 aliphatic carbocycles.